The van der Waals surface area contributed by atoms with Crippen LogP contribution in [-0.4, -0.2) is 41.7 Å². The van der Waals surface area contributed by atoms with Crippen molar-refractivity contribution in [3.8, 4) is 23.0 Å². The normalized spacial score (nSPS) is 18.1. The van der Waals surface area contributed by atoms with Crippen molar-refractivity contribution in [2.45, 2.75) is 6.04 Å². The highest BCUT2D eigenvalue weighted by atomic mass is 35.5. The van der Waals surface area contributed by atoms with Crippen LogP contribution in [0.3, 0.4) is 0 Å². The summed E-state index contributed by atoms with van der Waals surface area (Å²) in [6.45, 7) is 2.68. The molecule has 3 heterocycles. The molecule has 1 saturated heterocycles. The van der Waals surface area contributed by atoms with E-state index in [2.05, 4.69) is 20.4 Å². The number of nitrogens with one attached hydrogen (secondary N) is 1. The van der Waals surface area contributed by atoms with Crippen molar-refractivity contribution in [3.63, 3.8) is 0 Å². The lowest BCUT2D eigenvalue weighted by Crippen LogP contribution is -2.44. The van der Waals surface area contributed by atoms with Gasteiger partial charge in [-0.25, -0.2) is 4.39 Å². The van der Waals surface area contributed by atoms with Crippen molar-refractivity contribution < 1.29 is 13.3 Å². The molecule has 1 atom stereocenters. The summed E-state index contributed by atoms with van der Waals surface area (Å²) in [5.74, 6) is 1.83. The van der Waals surface area contributed by atoms with E-state index in [4.69, 9.17) is 8.94 Å². The van der Waals surface area contributed by atoms with Gasteiger partial charge < -0.3 is 14.3 Å². The van der Waals surface area contributed by atoms with Gasteiger partial charge in [-0.2, -0.15) is 4.98 Å². The van der Waals surface area contributed by atoms with Crippen LogP contribution in [-0.2, 0) is 0 Å². The molecule has 1 aliphatic heterocycles. The van der Waals surface area contributed by atoms with Crippen LogP contribution in [0.1, 0.15) is 11.9 Å². The van der Waals surface area contributed by atoms with E-state index in [0.29, 0.717) is 23.2 Å². The van der Waals surface area contributed by atoms with Gasteiger partial charge in [-0.05, 0) is 43.4 Å². The Morgan fingerprint density at radius 2 is 1.92 bits per heavy atom. The van der Waals surface area contributed by atoms with Crippen LogP contribution in [0, 0.1) is 5.82 Å². The lowest BCUT2D eigenvalue weighted by molar-refractivity contribution is 0.190. The predicted molar refractivity (Wildman–Crippen MR) is 92.9 cm³/mol. The maximum atomic E-state index is 13.0. The lowest BCUT2D eigenvalue weighted by atomic mass is 10.2. The Bertz CT molecular complexity index is 833. The van der Waals surface area contributed by atoms with Crippen LogP contribution in [0.2, 0.25) is 0 Å². The monoisotopic (exact) mass is 364 g/mol. The number of nitrogens with zero attached hydrogens (tertiary/aromatic N) is 3. The summed E-state index contributed by atoms with van der Waals surface area (Å²) >= 11 is 0. The molecule has 4 rings (SSSR count). The number of benzene rings is 1. The van der Waals surface area contributed by atoms with Gasteiger partial charge in [0.05, 0.1) is 6.04 Å². The van der Waals surface area contributed by atoms with Crippen LogP contribution in [0.5, 0.6) is 0 Å². The molecule has 1 fully saturated rings. The number of halogens is 2. The third-order valence-electron chi connectivity index (χ3n) is 4.20. The number of hydrogen-bond donors (Lipinski definition) is 1. The van der Waals surface area contributed by atoms with Gasteiger partial charge in [-0.15, -0.1) is 12.4 Å². The third-order valence-corrected chi connectivity index (χ3v) is 4.20. The zero-order valence-electron chi connectivity index (χ0n) is 13.6. The molecular formula is C17H18ClFN4O2. The standard InChI is InChI=1S/C17H17FN4O2.ClH/c1-22-9-8-19-10-13(22)16-20-17(24-21-16)15-7-6-14(23-15)11-2-4-12(18)5-3-11;/h2-7,13,19H,8-10H2,1H3;1H. The average Bonchev–Trinajstić information content (AvgIpc) is 3.25. The summed E-state index contributed by atoms with van der Waals surface area (Å²) in [6.07, 6.45) is 0. The van der Waals surface area contributed by atoms with Crippen molar-refractivity contribution in [2.75, 3.05) is 26.7 Å². The van der Waals surface area contributed by atoms with Gasteiger partial charge in [0, 0.05) is 25.2 Å². The fourth-order valence-corrected chi connectivity index (χ4v) is 2.79. The fraction of sp³-hybridized carbons (Fsp3) is 0.294. The van der Waals surface area contributed by atoms with Crippen LogP contribution in [0.25, 0.3) is 23.0 Å². The summed E-state index contributed by atoms with van der Waals surface area (Å²) in [5.41, 5.74) is 0.790. The molecule has 0 spiro atoms. The van der Waals surface area contributed by atoms with E-state index in [1.807, 2.05) is 7.05 Å². The number of aromatic nitrogens is 2. The molecule has 0 radical (unpaired) electrons. The second-order valence-corrected chi connectivity index (χ2v) is 5.83. The average molecular weight is 365 g/mol. The summed E-state index contributed by atoms with van der Waals surface area (Å²) in [7, 11) is 2.04. The Balaban J connectivity index is 0.00000182. The van der Waals surface area contributed by atoms with Crippen molar-refractivity contribution in [3.05, 3.63) is 48.0 Å². The lowest BCUT2D eigenvalue weighted by Gasteiger charge is -2.30. The van der Waals surface area contributed by atoms with E-state index in [-0.39, 0.29) is 24.3 Å². The van der Waals surface area contributed by atoms with E-state index in [1.54, 1.807) is 24.3 Å². The van der Waals surface area contributed by atoms with Crippen molar-refractivity contribution in [2.24, 2.45) is 0 Å². The van der Waals surface area contributed by atoms with E-state index < -0.39 is 0 Å². The quantitative estimate of drug-likeness (QED) is 0.770. The molecule has 8 heteroatoms. The van der Waals surface area contributed by atoms with E-state index in [0.717, 1.165) is 25.2 Å². The van der Waals surface area contributed by atoms with Gasteiger partial charge in [0.15, 0.2) is 11.6 Å². The molecule has 25 heavy (non-hydrogen) atoms. The molecule has 6 nitrogen and oxygen atoms in total. The molecule has 0 saturated carbocycles. The highest BCUT2D eigenvalue weighted by Crippen LogP contribution is 2.29. The van der Waals surface area contributed by atoms with E-state index in [1.165, 1.54) is 12.1 Å². The minimum atomic E-state index is -0.280. The van der Waals surface area contributed by atoms with Crippen LogP contribution < -0.4 is 5.32 Å². The Morgan fingerprint density at radius 3 is 2.68 bits per heavy atom. The SMILES string of the molecule is CN1CCNCC1c1noc(-c2ccc(-c3ccc(F)cc3)o2)n1.Cl. The Kier molecular flexibility index (Phi) is 5.17. The molecule has 1 aliphatic rings. The third kappa shape index (κ3) is 3.58. The first-order chi connectivity index (χ1) is 11.7. The molecule has 1 unspecified atom stereocenters. The molecule has 0 aliphatic carbocycles. The van der Waals surface area contributed by atoms with E-state index in [9.17, 15) is 4.39 Å². The Morgan fingerprint density at radius 1 is 1.16 bits per heavy atom. The topological polar surface area (TPSA) is 67.3 Å². The number of piperazine rings is 1. The maximum absolute atomic E-state index is 13.0. The van der Waals surface area contributed by atoms with Crippen LogP contribution in [0.15, 0.2) is 45.3 Å². The molecular weight excluding hydrogens is 347 g/mol. The molecule has 132 valence electrons. The molecule has 1 N–H and O–H groups in total. The highest BCUT2D eigenvalue weighted by molar-refractivity contribution is 5.85. The first kappa shape index (κ1) is 17.6. The van der Waals surface area contributed by atoms with Gasteiger partial charge in [-0.3, -0.25) is 4.90 Å². The second-order valence-electron chi connectivity index (χ2n) is 5.83. The van der Waals surface area contributed by atoms with Gasteiger partial charge in [0.2, 0.25) is 0 Å². The van der Waals surface area contributed by atoms with Crippen molar-refractivity contribution in [1.29, 1.82) is 0 Å². The Labute approximate surface area is 150 Å². The highest BCUT2D eigenvalue weighted by Gasteiger charge is 2.26. The Hall–Kier alpha value is -2.22. The zero-order valence-corrected chi connectivity index (χ0v) is 14.4. The van der Waals surface area contributed by atoms with Gasteiger partial charge in [0.1, 0.15) is 11.6 Å². The first-order valence-corrected chi connectivity index (χ1v) is 7.81. The van der Waals surface area contributed by atoms with Gasteiger partial charge in [-0.1, -0.05) is 5.16 Å². The van der Waals surface area contributed by atoms with Crippen LogP contribution >= 0.6 is 12.4 Å². The molecule has 0 amide bonds. The zero-order chi connectivity index (χ0) is 16.5. The summed E-state index contributed by atoms with van der Waals surface area (Å²) in [5, 5.41) is 7.41. The molecule has 3 aromatic rings. The molecule has 1 aromatic carbocycles. The molecule has 2 aromatic heterocycles. The van der Waals surface area contributed by atoms with Gasteiger partial charge >= 0.3 is 0 Å². The summed E-state index contributed by atoms with van der Waals surface area (Å²) < 4.78 is 24.1. The smallest absolute Gasteiger partial charge is 0.293 e. The fourth-order valence-electron chi connectivity index (χ4n) is 2.79. The first-order valence-electron chi connectivity index (χ1n) is 7.81. The molecule has 0 bridgehead atoms. The van der Waals surface area contributed by atoms with Gasteiger partial charge in [0.25, 0.3) is 5.89 Å². The minimum Gasteiger partial charge on any atom is -0.451 e. The second kappa shape index (κ2) is 7.35. The number of hydrogen-bond acceptors (Lipinski definition) is 6. The number of rotatable bonds is 3. The summed E-state index contributed by atoms with van der Waals surface area (Å²) in [4.78, 5) is 6.65. The predicted octanol–water partition coefficient (Wildman–Crippen LogP) is 3.13. The number of furan rings is 1. The summed E-state index contributed by atoms with van der Waals surface area (Å²) in [6, 6.07) is 9.80. The van der Waals surface area contributed by atoms with Crippen molar-refractivity contribution in [1.82, 2.24) is 20.4 Å². The maximum Gasteiger partial charge on any atom is 0.293 e. The van der Waals surface area contributed by atoms with Crippen LogP contribution in [0.4, 0.5) is 4.39 Å². The van der Waals surface area contributed by atoms with Crippen molar-refractivity contribution >= 4 is 12.4 Å². The number of likely N-dealkylation sites (N-methyl/N-ethyl adjacent to an activating group) is 1. The minimum absolute atomic E-state index is 0. The van der Waals surface area contributed by atoms with E-state index >= 15 is 0 Å². The largest absolute Gasteiger partial charge is 0.451 e.